The van der Waals surface area contributed by atoms with Gasteiger partial charge >= 0.3 is 0 Å². The molecule has 0 fully saturated rings. The van der Waals surface area contributed by atoms with Gasteiger partial charge in [-0.3, -0.25) is 0 Å². The third-order valence-electron chi connectivity index (χ3n) is 4.17. The van der Waals surface area contributed by atoms with Crippen LogP contribution in [0.4, 0.5) is 0 Å². The van der Waals surface area contributed by atoms with Crippen molar-refractivity contribution in [1.82, 2.24) is 14.8 Å². The second kappa shape index (κ2) is 9.00. The van der Waals surface area contributed by atoms with Gasteiger partial charge in [0, 0.05) is 22.3 Å². The van der Waals surface area contributed by atoms with Crippen LogP contribution in [0.2, 0.25) is 10.0 Å². The Balaban J connectivity index is 1.67. The second-order valence-electron chi connectivity index (χ2n) is 6.22. The Morgan fingerprint density at radius 1 is 1.04 bits per heavy atom. The molecule has 0 N–H and O–H groups in total. The van der Waals surface area contributed by atoms with Gasteiger partial charge in [-0.05, 0) is 61.7 Å². The van der Waals surface area contributed by atoms with Crippen molar-refractivity contribution in [2.75, 3.05) is 0 Å². The summed E-state index contributed by atoms with van der Waals surface area (Å²) in [5.74, 6) is 2.41. The Morgan fingerprint density at radius 3 is 2.33 bits per heavy atom. The van der Waals surface area contributed by atoms with Crippen LogP contribution in [0, 0.1) is 13.8 Å². The molecular weight excluding hydrogens is 401 g/mol. The Labute approximate surface area is 173 Å². The van der Waals surface area contributed by atoms with Gasteiger partial charge in [0.2, 0.25) is 0 Å². The average Bonchev–Trinajstić information content (AvgIpc) is 3.05. The Kier molecular flexibility index (Phi) is 6.68. The van der Waals surface area contributed by atoms with E-state index in [1.54, 1.807) is 11.8 Å². The number of aromatic nitrogens is 3. The molecule has 0 aliphatic carbocycles. The summed E-state index contributed by atoms with van der Waals surface area (Å²) in [5.41, 5.74) is 3.20. The van der Waals surface area contributed by atoms with Crippen LogP contribution in [0.15, 0.2) is 41.6 Å². The summed E-state index contributed by atoms with van der Waals surface area (Å²) in [7, 11) is 0. The largest absolute Gasteiger partial charge is 0.486 e. The zero-order valence-corrected chi connectivity index (χ0v) is 17.8. The van der Waals surface area contributed by atoms with E-state index >= 15 is 0 Å². The number of nitrogens with zero attached hydrogens (tertiary/aromatic N) is 3. The molecule has 0 aliphatic heterocycles. The van der Waals surface area contributed by atoms with E-state index in [2.05, 4.69) is 21.7 Å². The molecule has 0 saturated heterocycles. The van der Waals surface area contributed by atoms with E-state index in [0.29, 0.717) is 6.61 Å². The maximum absolute atomic E-state index is 6.22. The molecule has 3 rings (SSSR count). The third kappa shape index (κ3) is 4.98. The minimum Gasteiger partial charge on any atom is -0.486 e. The summed E-state index contributed by atoms with van der Waals surface area (Å²) in [5, 5.41) is 11.0. The summed E-state index contributed by atoms with van der Waals surface area (Å²) in [6.45, 7) is 7.18. The molecule has 0 bridgehead atoms. The van der Waals surface area contributed by atoms with Crippen LogP contribution in [0.1, 0.15) is 29.4 Å². The lowest BCUT2D eigenvalue weighted by Gasteiger charge is -2.11. The predicted molar refractivity (Wildman–Crippen MR) is 112 cm³/mol. The van der Waals surface area contributed by atoms with Crippen LogP contribution in [-0.4, -0.2) is 14.8 Å². The minimum absolute atomic E-state index is 0.364. The van der Waals surface area contributed by atoms with Crippen LogP contribution in [-0.2, 0) is 18.9 Å². The maximum Gasteiger partial charge on any atom is 0.191 e. The van der Waals surface area contributed by atoms with Gasteiger partial charge in [-0.15, -0.1) is 10.2 Å². The van der Waals surface area contributed by atoms with Crippen molar-refractivity contribution in [3.05, 3.63) is 69.0 Å². The molecule has 1 aromatic heterocycles. The first-order valence-electron chi connectivity index (χ1n) is 8.66. The molecule has 2 aromatic carbocycles. The number of hydrogen-bond acceptors (Lipinski definition) is 4. The molecule has 1 heterocycles. The van der Waals surface area contributed by atoms with Gasteiger partial charge in [0.15, 0.2) is 11.0 Å². The van der Waals surface area contributed by atoms with Crippen LogP contribution in [0.3, 0.4) is 0 Å². The molecule has 0 aliphatic rings. The molecular formula is C20H21Cl2N3OS. The maximum atomic E-state index is 6.22. The summed E-state index contributed by atoms with van der Waals surface area (Å²) in [4.78, 5) is 0. The fraction of sp³-hybridized carbons (Fsp3) is 0.300. The summed E-state index contributed by atoms with van der Waals surface area (Å²) < 4.78 is 8.01. The van der Waals surface area contributed by atoms with Crippen molar-refractivity contribution in [1.29, 1.82) is 0 Å². The van der Waals surface area contributed by atoms with Gasteiger partial charge in [-0.1, -0.05) is 47.1 Å². The summed E-state index contributed by atoms with van der Waals surface area (Å²) in [6, 6.07) is 11.7. The first-order chi connectivity index (χ1) is 13.0. The molecule has 142 valence electrons. The zero-order chi connectivity index (χ0) is 19.4. The van der Waals surface area contributed by atoms with Crippen molar-refractivity contribution in [2.24, 2.45) is 0 Å². The molecule has 27 heavy (non-hydrogen) atoms. The normalized spacial score (nSPS) is 11.0. The second-order valence-corrected chi connectivity index (χ2v) is 7.97. The van der Waals surface area contributed by atoms with E-state index < -0.39 is 0 Å². The van der Waals surface area contributed by atoms with Crippen LogP contribution in [0.25, 0.3) is 0 Å². The number of hydrogen-bond donors (Lipinski definition) is 0. The topological polar surface area (TPSA) is 39.9 Å². The number of aryl methyl sites for hydroxylation is 2. The molecule has 7 heteroatoms. The Bertz CT molecular complexity index is 902. The first kappa shape index (κ1) is 20.1. The molecule has 0 spiro atoms. The van der Waals surface area contributed by atoms with Gasteiger partial charge in [0.1, 0.15) is 12.4 Å². The van der Waals surface area contributed by atoms with E-state index in [9.17, 15) is 0 Å². The van der Waals surface area contributed by atoms with Gasteiger partial charge in [0.25, 0.3) is 0 Å². The lowest BCUT2D eigenvalue weighted by atomic mass is 10.1. The lowest BCUT2D eigenvalue weighted by molar-refractivity contribution is 0.288. The van der Waals surface area contributed by atoms with Crippen LogP contribution in [0.5, 0.6) is 5.75 Å². The highest BCUT2D eigenvalue weighted by molar-refractivity contribution is 7.98. The molecule has 0 atom stereocenters. The third-order valence-corrected chi connectivity index (χ3v) is 6.05. The Morgan fingerprint density at radius 2 is 1.70 bits per heavy atom. The van der Waals surface area contributed by atoms with E-state index in [1.165, 1.54) is 5.56 Å². The van der Waals surface area contributed by atoms with Crippen LogP contribution < -0.4 is 4.74 Å². The van der Waals surface area contributed by atoms with Crippen LogP contribution >= 0.6 is 35.0 Å². The van der Waals surface area contributed by atoms with E-state index in [0.717, 1.165) is 50.2 Å². The SMILES string of the molecule is CCn1c(COc2cc(C)c(Cl)c(C)c2)nnc1SCc1ccc(Cl)cc1. The van der Waals surface area contributed by atoms with Gasteiger partial charge in [0.05, 0.1) is 0 Å². The number of thioether (sulfide) groups is 1. The standard InChI is InChI=1S/C20H21Cl2N3OS/c1-4-25-18(11-26-17-9-13(2)19(22)14(3)10-17)23-24-20(25)27-12-15-5-7-16(21)8-6-15/h5-10H,4,11-12H2,1-3H3. The van der Waals surface area contributed by atoms with E-state index in [1.807, 2.05) is 50.2 Å². The van der Waals surface area contributed by atoms with Crippen molar-refractivity contribution in [3.8, 4) is 5.75 Å². The molecule has 4 nitrogen and oxygen atoms in total. The smallest absolute Gasteiger partial charge is 0.191 e. The zero-order valence-electron chi connectivity index (χ0n) is 15.5. The first-order valence-corrected chi connectivity index (χ1v) is 10.4. The van der Waals surface area contributed by atoms with E-state index in [-0.39, 0.29) is 0 Å². The number of halogens is 2. The van der Waals surface area contributed by atoms with Gasteiger partial charge in [-0.25, -0.2) is 0 Å². The molecule has 0 amide bonds. The minimum atomic E-state index is 0.364. The van der Waals surface area contributed by atoms with Gasteiger partial charge < -0.3 is 9.30 Å². The number of benzene rings is 2. The van der Waals surface area contributed by atoms with Gasteiger partial charge in [-0.2, -0.15) is 0 Å². The fourth-order valence-corrected chi connectivity index (χ4v) is 3.93. The number of ether oxygens (including phenoxy) is 1. The highest BCUT2D eigenvalue weighted by Gasteiger charge is 2.13. The molecule has 0 saturated carbocycles. The molecule has 0 unspecified atom stereocenters. The Hall–Kier alpha value is -1.69. The highest BCUT2D eigenvalue weighted by Crippen LogP contribution is 2.27. The molecule has 3 aromatic rings. The summed E-state index contributed by atoms with van der Waals surface area (Å²) in [6.07, 6.45) is 0. The van der Waals surface area contributed by atoms with Crippen molar-refractivity contribution >= 4 is 35.0 Å². The summed E-state index contributed by atoms with van der Waals surface area (Å²) >= 11 is 13.8. The van der Waals surface area contributed by atoms with Crippen molar-refractivity contribution in [3.63, 3.8) is 0 Å². The van der Waals surface area contributed by atoms with Crippen molar-refractivity contribution < 1.29 is 4.74 Å². The monoisotopic (exact) mass is 421 g/mol. The predicted octanol–water partition coefficient (Wildman–Crippen LogP) is 6.09. The highest BCUT2D eigenvalue weighted by atomic mass is 35.5. The quantitative estimate of drug-likeness (QED) is 0.432. The average molecular weight is 422 g/mol. The van der Waals surface area contributed by atoms with Crippen molar-refractivity contribution in [2.45, 2.75) is 44.8 Å². The fourth-order valence-electron chi connectivity index (χ4n) is 2.72. The lowest BCUT2D eigenvalue weighted by Crippen LogP contribution is -2.07. The number of rotatable bonds is 7. The van der Waals surface area contributed by atoms with E-state index in [4.69, 9.17) is 27.9 Å². The molecule has 0 radical (unpaired) electrons.